The van der Waals surface area contributed by atoms with Gasteiger partial charge in [-0.2, -0.15) is 5.10 Å². The molecule has 0 atom stereocenters. The number of nitrogens with zero attached hydrogens (tertiary/aromatic N) is 2. The summed E-state index contributed by atoms with van der Waals surface area (Å²) in [5.41, 5.74) is 2.79. The van der Waals surface area contributed by atoms with Crippen LogP contribution in [0.2, 0.25) is 10.2 Å². The third-order valence-electron chi connectivity index (χ3n) is 4.29. The number of fused-ring (bicyclic) bond motifs is 2. The number of hydrogen-bond acceptors (Lipinski definition) is 4. The van der Waals surface area contributed by atoms with Crippen LogP contribution in [0.4, 0.5) is 13.9 Å². The molecule has 2 aromatic carbocycles. The third kappa shape index (κ3) is 4.40. The monoisotopic (exact) mass is 470 g/mol. The standard InChI is InChI=1S/C16H9Cl2FN4OS.C3H6.CH3F/c1-6-10(11-14(12(17)13(6)19)22-23-15(11)18)7-2-3-8-9(4-7)25-16(21-8)20-5-24;1-2-3-1;1-2/h2-5H,1H3,(H,22,23)(H,20,21,24);1-3H2;1H3. The van der Waals surface area contributed by atoms with Crippen molar-refractivity contribution in [2.45, 2.75) is 26.2 Å². The predicted octanol–water partition coefficient (Wildman–Crippen LogP) is 6.92. The SMILES string of the molecule is C1CC1.CF.Cc1c(F)c(Cl)c2n[nH]c(Cl)c2c1-c1ccc2nc(NC=O)sc2c1. The van der Waals surface area contributed by atoms with E-state index in [4.69, 9.17) is 23.2 Å². The van der Waals surface area contributed by atoms with Crippen LogP contribution >= 0.6 is 34.5 Å². The second-order valence-corrected chi connectivity index (χ2v) is 8.20. The van der Waals surface area contributed by atoms with Crippen LogP contribution < -0.4 is 5.32 Å². The van der Waals surface area contributed by atoms with Gasteiger partial charge in [0.15, 0.2) is 5.13 Å². The number of nitrogens with one attached hydrogen (secondary N) is 2. The van der Waals surface area contributed by atoms with Crippen molar-refractivity contribution in [1.82, 2.24) is 15.2 Å². The van der Waals surface area contributed by atoms with Crippen molar-refractivity contribution in [3.05, 3.63) is 39.8 Å². The molecule has 0 saturated heterocycles. The molecular weight excluding hydrogens is 453 g/mol. The van der Waals surface area contributed by atoms with Crippen molar-refractivity contribution >= 4 is 67.2 Å². The number of benzene rings is 2. The average molecular weight is 471 g/mol. The van der Waals surface area contributed by atoms with Crippen LogP contribution in [0.25, 0.3) is 32.2 Å². The lowest BCUT2D eigenvalue weighted by Crippen LogP contribution is -1.92. The van der Waals surface area contributed by atoms with Crippen LogP contribution in [0.15, 0.2) is 18.2 Å². The zero-order valence-corrected chi connectivity index (χ0v) is 18.5. The van der Waals surface area contributed by atoms with Crippen LogP contribution in [0.1, 0.15) is 24.8 Å². The van der Waals surface area contributed by atoms with E-state index in [0.29, 0.717) is 40.4 Å². The zero-order valence-electron chi connectivity index (χ0n) is 16.2. The van der Waals surface area contributed by atoms with Crippen molar-refractivity contribution in [2.75, 3.05) is 12.5 Å². The number of hydrogen-bond donors (Lipinski definition) is 2. The molecule has 0 spiro atoms. The van der Waals surface area contributed by atoms with Gasteiger partial charge in [-0.15, -0.1) is 0 Å². The molecule has 5 rings (SSSR count). The molecule has 1 saturated carbocycles. The largest absolute Gasteiger partial charge is 0.305 e. The van der Waals surface area contributed by atoms with E-state index >= 15 is 0 Å². The van der Waals surface area contributed by atoms with Crippen molar-refractivity contribution in [1.29, 1.82) is 0 Å². The Balaban J connectivity index is 0.000000460. The fraction of sp³-hybridized carbons (Fsp3) is 0.250. The number of halogens is 4. The van der Waals surface area contributed by atoms with E-state index < -0.39 is 5.82 Å². The van der Waals surface area contributed by atoms with E-state index in [0.717, 1.165) is 15.8 Å². The number of aromatic nitrogens is 3. The first-order valence-corrected chi connectivity index (χ1v) is 10.6. The number of anilines is 1. The first-order chi connectivity index (χ1) is 14.5. The van der Waals surface area contributed by atoms with Gasteiger partial charge in [0, 0.05) is 10.9 Å². The second kappa shape index (κ2) is 9.68. The molecule has 0 unspecified atom stereocenters. The molecular formula is C20H18Cl2F2N4OS. The molecule has 1 fully saturated rings. The lowest BCUT2D eigenvalue weighted by atomic mass is 9.96. The minimum absolute atomic E-state index is 0.0595. The van der Waals surface area contributed by atoms with Crippen molar-refractivity contribution < 1.29 is 13.6 Å². The lowest BCUT2D eigenvalue weighted by molar-refractivity contribution is -0.105. The number of alkyl halides is 1. The van der Waals surface area contributed by atoms with E-state index in [1.807, 2.05) is 18.2 Å². The summed E-state index contributed by atoms with van der Waals surface area (Å²) < 4.78 is 24.9. The van der Waals surface area contributed by atoms with Gasteiger partial charge in [0.2, 0.25) is 6.41 Å². The molecule has 1 amide bonds. The van der Waals surface area contributed by atoms with Crippen LogP contribution in [0.3, 0.4) is 0 Å². The van der Waals surface area contributed by atoms with Crippen molar-refractivity contribution in [2.24, 2.45) is 0 Å². The fourth-order valence-electron chi connectivity index (χ4n) is 2.83. The molecule has 30 heavy (non-hydrogen) atoms. The number of carbonyl (C=O) groups is 1. The van der Waals surface area contributed by atoms with Gasteiger partial charge in [0.1, 0.15) is 21.5 Å². The van der Waals surface area contributed by atoms with Gasteiger partial charge in [-0.3, -0.25) is 14.3 Å². The molecule has 5 nitrogen and oxygen atoms in total. The molecule has 4 aromatic rings. The summed E-state index contributed by atoms with van der Waals surface area (Å²) in [6, 6.07) is 5.51. The predicted molar refractivity (Wildman–Crippen MR) is 120 cm³/mol. The highest BCUT2D eigenvalue weighted by atomic mass is 35.5. The van der Waals surface area contributed by atoms with Gasteiger partial charge in [-0.05, 0) is 30.2 Å². The Morgan fingerprint density at radius 3 is 2.57 bits per heavy atom. The number of aromatic amines is 1. The number of H-pyrrole nitrogens is 1. The maximum atomic E-state index is 14.5. The summed E-state index contributed by atoms with van der Waals surface area (Å²) in [6.07, 6.45) is 5.08. The Kier molecular flexibility index (Phi) is 7.23. The highest BCUT2D eigenvalue weighted by Gasteiger charge is 2.22. The number of rotatable bonds is 3. The molecule has 10 heteroatoms. The van der Waals surface area contributed by atoms with E-state index in [2.05, 4.69) is 20.5 Å². The van der Waals surface area contributed by atoms with Gasteiger partial charge >= 0.3 is 0 Å². The smallest absolute Gasteiger partial charge is 0.213 e. The van der Waals surface area contributed by atoms with Gasteiger partial charge in [0.25, 0.3) is 0 Å². The number of carbonyl (C=O) groups excluding carboxylic acids is 1. The molecule has 2 aromatic heterocycles. The van der Waals surface area contributed by atoms with E-state index in [1.165, 1.54) is 30.6 Å². The lowest BCUT2D eigenvalue weighted by Gasteiger charge is -2.11. The average Bonchev–Trinajstić information content (AvgIpc) is 3.52. The van der Waals surface area contributed by atoms with Gasteiger partial charge < -0.3 is 5.32 Å². The highest BCUT2D eigenvalue weighted by Crippen LogP contribution is 2.42. The Hall–Kier alpha value is -2.29. The summed E-state index contributed by atoms with van der Waals surface area (Å²) in [4.78, 5) is 14.9. The summed E-state index contributed by atoms with van der Waals surface area (Å²) in [6.45, 7) is 1.65. The van der Waals surface area contributed by atoms with Crippen LogP contribution in [0, 0.1) is 12.7 Å². The minimum atomic E-state index is -0.528. The molecule has 1 aliphatic rings. The molecule has 2 N–H and O–H groups in total. The molecule has 158 valence electrons. The molecule has 0 aliphatic heterocycles. The van der Waals surface area contributed by atoms with Crippen LogP contribution in [-0.2, 0) is 4.79 Å². The number of amides is 1. The maximum Gasteiger partial charge on any atom is 0.213 e. The normalized spacial score (nSPS) is 12.1. The molecule has 2 heterocycles. The van der Waals surface area contributed by atoms with Crippen molar-refractivity contribution in [3.8, 4) is 11.1 Å². The maximum absolute atomic E-state index is 14.5. The zero-order chi connectivity index (χ0) is 21.8. The van der Waals surface area contributed by atoms with Gasteiger partial charge in [0.05, 0.1) is 17.4 Å². The molecule has 0 radical (unpaired) electrons. The van der Waals surface area contributed by atoms with Crippen LogP contribution in [0.5, 0.6) is 0 Å². The van der Waals surface area contributed by atoms with Gasteiger partial charge in [-0.1, -0.05) is 59.9 Å². The van der Waals surface area contributed by atoms with E-state index in [-0.39, 0.29) is 10.5 Å². The first kappa shape index (κ1) is 22.4. The first-order valence-electron chi connectivity index (χ1n) is 9.01. The topological polar surface area (TPSA) is 70.7 Å². The summed E-state index contributed by atoms with van der Waals surface area (Å²) >= 11 is 13.6. The van der Waals surface area contributed by atoms with E-state index in [1.54, 1.807) is 6.92 Å². The van der Waals surface area contributed by atoms with Crippen molar-refractivity contribution in [3.63, 3.8) is 0 Å². The van der Waals surface area contributed by atoms with Crippen LogP contribution in [-0.4, -0.2) is 28.8 Å². The minimum Gasteiger partial charge on any atom is -0.305 e. The second-order valence-electron chi connectivity index (χ2n) is 6.41. The Bertz CT molecular complexity index is 1200. The summed E-state index contributed by atoms with van der Waals surface area (Å²) in [7, 11) is 0.500. The molecule has 0 bridgehead atoms. The third-order valence-corrected chi connectivity index (χ3v) is 5.86. The Labute approximate surface area is 185 Å². The fourth-order valence-corrected chi connectivity index (χ4v) is 4.19. The van der Waals surface area contributed by atoms with Gasteiger partial charge in [-0.25, -0.2) is 9.37 Å². The highest BCUT2D eigenvalue weighted by molar-refractivity contribution is 7.22. The van der Waals surface area contributed by atoms with E-state index in [9.17, 15) is 13.6 Å². The Morgan fingerprint density at radius 2 is 1.93 bits per heavy atom. The number of thiazole rings is 1. The summed E-state index contributed by atoms with van der Waals surface area (Å²) in [5, 5.41) is 10.5. The molecule has 1 aliphatic carbocycles. The Morgan fingerprint density at radius 1 is 1.23 bits per heavy atom. The quantitative estimate of drug-likeness (QED) is 0.319. The summed E-state index contributed by atoms with van der Waals surface area (Å²) in [5.74, 6) is -0.528.